The summed E-state index contributed by atoms with van der Waals surface area (Å²) in [6.45, 7) is 0. The summed E-state index contributed by atoms with van der Waals surface area (Å²) in [6.07, 6.45) is 9.00. The normalized spacial score (nSPS) is 20.1. The van der Waals surface area contributed by atoms with Crippen molar-refractivity contribution in [3.05, 3.63) is 24.2 Å². The van der Waals surface area contributed by atoms with Gasteiger partial charge in [0.25, 0.3) is 0 Å². The molecule has 1 atom stereocenters. The fraction of sp³-hybridized carbons (Fsp3) is 0.636. The minimum Gasteiger partial charge on any atom is -0.472 e. The first-order valence-electron chi connectivity index (χ1n) is 5.25. The molecular weight excluding hydrogens is 194 g/mol. The Bertz CT molecular complexity index is 254. The molecule has 1 aromatic heterocycles. The highest BCUT2D eigenvalue weighted by atomic mass is 32.2. The largest absolute Gasteiger partial charge is 0.472 e. The van der Waals surface area contributed by atoms with Gasteiger partial charge in [-0.1, -0.05) is 12.8 Å². The van der Waals surface area contributed by atoms with Gasteiger partial charge in [-0.2, -0.15) is 11.8 Å². The molecule has 0 radical (unpaired) electrons. The van der Waals surface area contributed by atoms with Crippen LogP contribution >= 0.6 is 11.8 Å². The molecule has 0 bridgehead atoms. The molecule has 0 spiro atoms. The van der Waals surface area contributed by atoms with Crippen LogP contribution in [-0.4, -0.2) is 11.0 Å². The van der Waals surface area contributed by atoms with Crippen molar-refractivity contribution >= 4 is 11.8 Å². The highest BCUT2D eigenvalue weighted by Gasteiger charge is 2.17. The Morgan fingerprint density at radius 2 is 2.29 bits per heavy atom. The molecule has 78 valence electrons. The molecule has 1 heterocycles. The molecule has 0 aliphatic heterocycles. The predicted molar refractivity (Wildman–Crippen MR) is 60.4 cm³/mol. The van der Waals surface area contributed by atoms with Crippen molar-refractivity contribution < 1.29 is 4.42 Å². The van der Waals surface area contributed by atoms with Gasteiger partial charge < -0.3 is 10.2 Å². The van der Waals surface area contributed by atoms with Crippen LogP contribution in [0.4, 0.5) is 0 Å². The van der Waals surface area contributed by atoms with Crippen molar-refractivity contribution in [2.45, 2.75) is 37.0 Å². The molecule has 1 fully saturated rings. The zero-order valence-electron chi connectivity index (χ0n) is 8.32. The van der Waals surface area contributed by atoms with E-state index in [-0.39, 0.29) is 6.04 Å². The summed E-state index contributed by atoms with van der Waals surface area (Å²) in [7, 11) is 0. The fourth-order valence-electron chi connectivity index (χ4n) is 1.88. The van der Waals surface area contributed by atoms with E-state index in [0.29, 0.717) is 0 Å². The Kier molecular flexibility index (Phi) is 3.54. The standard InChI is InChI=1S/C11H17NOS/c12-11(9-5-6-13-7-9)8-14-10-3-1-2-4-10/h5-7,10-11H,1-4,8,12H2. The van der Waals surface area contributed by atoms with Crippen LogP contribution in [0.3, 0.4) is 0 Å². The van der Waals surface area contributed by atoms with Gasteiger partial charge in [-0.25, -0.2) is 0 Å². The van der Waals surface area contributed by atoms with E-state index in [4.69, 9.17) is 10.2 Å². The van der Waals surface area contributed by atoms with Crippen molar-refractivity contribution in [2.24, 2.45) is 5.73 Å². The molecule has 2 nitrogen and oxygen atoms in total. The van der Waals surface area contributed by atoms with E-state index < -0.39 is 0 Å². The minimum atomic E-state index is 0.138. The summed E-state index contributed by atoms with van der Waals surface area (Å²) in [4.78, 5) is 0. The van der Waals surface area contributed by atoms with Crippen molar-refractivity contribution in [3.63, 3.8) is 0 Å². The average Bonchev–Trinajstić information content (AvgIpc) is 2.87. The van der Waals surface area contributed by atoms with Gasteiger partial charge >= 0.3 is 0 Å². The third-order valence-electron chi connectivity index (χ3n) is 2.79. The van der Waals surface area contributed by atoms with Crippen LogP contribution in [0.2, 0.25) is 0 Å². The van der Waals surface area contributed by atoms with Gasteiger partial charge in [0.1, 0.15) is 0 Å². The third-order valence-corrected chi connectivity index (χ3v) is 4.28. The topological polar surface area (TPSA) is 39.2 Å². The Balaban J connectivity index is 1.74. The number of nitrogens with two attached hydrogens (primary N) is 1. The first kappa shape index (κ1) is 10.1. The molecule has 1 aliphatic rings. The summed E-state index contributed by atoms with van der Waals surface area (Å²) in [5.41, 5.74) is 7.16. The van der Waals surface area contributed by atoms with E-state index in [1.807, 2.05) is 17.8 Å². The second kappa shape index (κ2) is 4.89. The van der Waals surface area contributed by atoms with Gasteiger partial charge in [-0.15, -0.1) is 0 Å². The lowest BCUT2D eigenvalue weighted by Crippen LogP contribution is -2.13. The van der Waals surface area contributed by atoms with Crippen LogP contribution in [0.25, 0.3) is 0 Å². The smallest absolute Gasteiger partial charge is 0.0950 e. The quantitative estimate of drug-likeness (QED) is 0.832. The van der Waals surface area contributed by atoms with Crippen molar-refractivity contribution in [3.8, 4) is 0 Å². The zero-order chi connectivity index (χ0) is 9.80. The van der Waals surface area contributed by atoms with Gasteiger partial charge in [0, 0.05) is 22.6 Å². The van der Waals surface area contributed by atoms with Crippen LogP contribution in [0.5, 0.6) is 0 Å². The molecule has 14 heavy (non-hydrogen) atoms. The number of thioether (sulfide) groups is 1. The minimum absolute atomic E-state index is 0.138. The SMILES string of the molecule is NC(CSC1CCCC1)c1ccoc1. The van der Waals surface area contributed by atoms with Crippen molar-refractivity contribution in [1.29, 1.82) is 0 Å². The summed E-state index contributed by atoms with van der Waals surface area (Å²) in [6, 6.07) is 2.10. The van der Waals surface area contributed by atoms with Crippen LogP contribution < -0.4 is 5.73 Å². The summed E-state index contributed by atoms with van der Waals surface area (Å²) in [5, 5.41) is 0.855. The van der Waals surface area contributed by atoms with Gasteiger partial charge in [0.2, 0.25) is 0 Å². The molecule has 1 saturated carbocycles. The molecule has 1 aromatic rings. The molecule has 1 aliphatic carbocycles. The maximum absolute atomic E-state index is 6.04. The predicted octanol–water partition coefficient (Wildman–Crippen LogP) is 2.96. The molecule has 0 saturated heterocycles. The van der Waals surface area contributed by atoms with E-state index in [2.05, 4.69) is 0 Å². The van der Waals surface area contributed by atoms with Gasteiger partial charge in [0.15, 0.2) is 0 Å². The lowest BCUT2D eigenvalue weighted by atomic mass is 10.2. The molecule has 2 rings (SSSR count). The second-order valence-electron chi connectivity index (χ2n) is 3.90. The highest BCUT2D eigenvalue weighted by Crippen LogP contribution is 2.31. The third kappa shape index (κ3) is 2.55. The summed E-state index contributed by atoms with van der Waals surface area (Å²) >= 11 is 2.02. The van der Waals surface area contributed by atoms with E-state index in [0.717, 1.165) is 16.6 Å². The molecule has 0 aromatic carbocycles. The van der Waals surface area contributed by atoms with E-state index in [1.165, 1.54) is 25.7 Å². The van der Waals surface area contributed by atoms with E-state index in [9.17, 15) is 0 Å². The van der Waals surface area contributed by atoms with Crippen molar-refractivity contribution in [1.82, 2.24) is 0 Å². The molecule has 3 heteroatoms. The Morgan fingerprint density at radius 1 is 1.50 bits per heavy atom. The van der Waals surface area contributed by atoms with Crippen LogP contribution in [0, 0.1) is 0 Å². The Labute approximate surface area is 89.2 Å². The maximum Gasteiger partial charge on any atom is 0.0950 e. The number of hydrogen-bond acceptors (Lipinski definition) is 3. The average molecular weight is 211 g/mol. The lowest BCUT2D eigenvalue weighted by molar-refractivity contribution is 0.561. The number of rotatable bonds is 4. The van der Waals surface area contributed by atoms with Crippen molar-refractivity contribution in [2.75, 3.05) is 5.75 Å². The molecule has 1 unspecified atom stereocenters. The molecular formula is C11H17NOS. The molecule has 2 N–H and O–H groups in total. The number of hydrogen-bond donors (Lipinski definition) is 1. The highest BCUT2D eigenvalue weighted by molar-refractivity contribution is 7.99. The Hall–Kier alpha value is -0.410. The van der Waals surface area contributed by atoms with Crippen LogP contribution in [-0.2, 0) is 0 Å². The summed E-state index contributed by atoms with van der Waals surface area (Å²) in [5.74, 6) is 1.02. The lowest BCUT2D eigenvalue weighted by Gasteiger charge is -2.12. The van der Waals surface area contributed by atoms with Crippen LogP contribution in [0.15, 0.2) is 23.0 Å². The second-order valence-corrected chi connectivity index (χ2v) is 5.24. The van der Waals surface area contributed by atoms with Gasteiger partial charge in [0.05, 0.1) is 12.5 Å². The van der Waals surface area contributed by atoms with Gasteiger partial charge in [-0.05, 0) is 18.9 Å². The first-order valence-corrected chi connectivity index (χ1v) is 6.30. The maximum atomic E-state index is 6.04. The monoisotopic (exact) mass is 211 g/mol. The van der Waals surface area contributed by atoms with E-state index >= 15 is 0 Å². The zero-order valence-corrected chi connectivity index (χ0v) is 9.13. The van der Waals surface area contributed by atoms with Crippen LogP contribution in [0.1, 0.15) is 37.3 Å². The van der Waals surface area contributed by atoms with E-state index in [1.54, 1.807) is 12.5 Å². The molecule has 0 amide bonds. The Morgan fingerprint density at radius 3 is 2.93 bits per heavy atom. The fourth-order valence-corrected chi connectivity index (χ4v) is 3.22. The first-order chi connectivity index (χ1) is 6.86. The number of furan rings is 1. The summed E-state index contributed by atoms with van der Waals surface area (Å²) < 4.78 is 5.02. The van der Waals surface area contributed by atoms with Gasteiger partial charge in [-0.3, -0.25) is 0 Å².